The summed E-state index contributed by atoms with van der Waals surface area (Å²) in [4.78, 5) is 0. The monoisotopic (exact) mass is 372 g/mol. The highest BCUT2D eigenvalue weighted by atomic mass is 19.4. The lowest BCUT2D eigenvalue weighted by Gasteiger charge is -2.09. The number of aromatic nitrogens is 2. The summed E-state index contributed by atoms with van der Waals surface area (Å²) >= 11 is 0. The number of alkyl halides is 3. The molecule has 4 nitrogen and oxygen atoms in total. The molecule has 0 saturated heterocycles. The summed E-state index contributed by atoms with van der Waals surface area (Å²) < 4.78 is 43.6. The molecule has 3 rings (SSSR count). The van der Waals surface area contributed by atoms with Crippen LogP contribution in [0.5, 0.6) is 0 Å². The zero-order chi connectivity index (χ0) is 19.4. The average Bonchev–Trinajstić information content (AvgIpc) is 3.10. The third-order valence-corrected chi connectivity index (χ3v) is 3.95. The maximum atomic E-state index is 12.7. The van der Waals surface area contributed by atoms with Gasteiger partial charge in [-0.05, 0) is 35.7 Å². The summed E-state index contributed by atoms with van der Waals surface area (Å²) in [7, 11) is 0. The fraction of sp³-hybridized carbons (Fsp3) is 0.200. The molecule has 2 aromatic carbocycles. The van der Waals surface area contributed by atoms with E-state index in [4.69, 9.17) is 10.8 Å². The summed E-state index contributed by atoms with van der Waals surface area (Å²) in [6.07, 6.45) is 0.198. The molecule has 1 atom stereocenters. The number of hydrogen-bond donors (Lipinski definition) is 1. The highest BCUT2D eigenvalue weighted by Gasteiger charge is 2.29. The van der Waals surface area contributed by atoms with Crippen LogP contribution in [-0.2, 0) is 19.0 Å². The van der Waals surface area contributed by atoms with Crippen LogP contribution in [0.15, 0.2) is 52.9 Å². The number of terminal acetylenes is 1. The Morgan fingerprint density at radius 3 is 2.44 bits per heavy atom. The predicted molar refractivity (Wildman–Crippen MR) is 92.5 cm³/mol. The maximum Gasteiger partial charge on any atom is 0.416 e. The molecule has 138 valence electrons. The van der Waals surface area contributed by atoms with Gasteiger partial charge in [0.1, 0.15) is 6.10 Å². The van der Waals surface area contributed by atoms with E-state index in [1.54, 1.807) is 12.1 Å². The number of aliphatic hydroxyl groups excluding tert-OH is 1. The van der Waals surface area contributed by atoms with Crippen molar-refractivity contribution in [1.82, 2.24) is 10.2 Å². The van der Waals surface area contributed by atoms with E-state index < -0.39 is 17.8 Å². The van der Waals surface area contributed by atoms with E-state index in [2.05, 4.69) is 16.1 Å². The highest BCUT2D eigenvalue weighted by Crippen LogP contribution is 2.30. The summed E-state index contributed by atoms with van der Waals surface area (Å²) in [6.45, 7) is 0. The van der Waals surface area contributed by atoms with Gasteiger partial charge in [0, 0.05) is 5.56 Å². The molecule has 3 aromatic rings. The molecule has 0 amide bonds. The Balaban J connectivity index is 1.84. The van der Waals surface area contributed by atoms with Crippen LogP contribution in [0.25, 0.3) is 11.5 Å². The lowest BCUT2D eigenvalue weighted by atomic mass is 9.99. The van der Waals surface area contributed by atoms with Crippen molar-refractivity contribution in [1.29, 1.82) is 0 Å². The second kappa shape index (κ2) is 7.64. The van der Waals surface area contributed by atoms with Gasteiger partial charge in [0.05, 0.1) is 12.0 Å². The number of nitrogens with zero attached hydrogens (tertiary/aromatic N) is 2. The first kappa shape index (κ1) is 18.7. The molecule has 0 aliphatic rings. The number of aliphatic hydroxyl groups is 1. The molecular formula is C20H15F3N2O2. The van der Waals surface area contributed by atoms with Crippen LogP contribution >= 0.6 is 0 Å². The van der Waals surface area contributed by atoms with Crippen molar-refractivity contribution < 1.29 is 22.7 Å². The highest BCUT2D eigenvalue weighted by molar-refractivity contribution is 5.59. The van der Waals surface area contributed by atoms with E-state index in [0.29, 0.717) is 12.0 Å². The van der Waals surface area contributed by atoms with Gasteiger partial charge < -0.3 is 9.52 Å². The van der Waals surface area contributed by atoms with Gasteiger partial charge in [-0.25, -0.2) is 0 Å². The molecule has 0 saturated carbocycles. The first-order valence-corrected chi connectivity index (χ1v) is 8.08. The fourth-order valence-corrected chi connectivity index (χ4v) is 2.58. The molecule has 0 bridgehead atoms. The van der Waals surface area contributed by atoms with Crippen LogP contribution in [-0.4, -0.2) is 21.4 Å². The third kappa shape index (κ3) is 4.54. The van der Waals surface area contributed by atoms with Crippen LogP contribution in [0.1, 0.15) is 22.6 Å². The molecule has 0 aliphatic heterocycles. The van der Waals surface area contributed by atoms with Crippen LogP contribution in [0.4, 0.5) is 13.2 Å². The van der Waals surface area contributed by atoms with Crippen LogP contribution in [0, 0.1) is 12.3 Å². The van der Waals surface area contributed by atoms with Gasteiger partial charge in [-0.1, -0.05) is 36.3 Å². The SMILES string of the molecule is C#CC(O)Cc1nnc(-c2ccccc2Cc2ccc(C(F)(F)F)cc2)o1. The minimum Gasteiger partial charge on any atom is -0.421 e. The summed E-state index contributed by atoms with van der Waals surface area (Å²) in [5, 5.41) is 17.3. The van der Waals surface area contributed by atoms with Crippen molar-refractivity contribution in [3.05, 3.63) is 71.1 Å². The number of rotatable bonds is 5. The normalized spacial score (nSPS) is 12.6. The third-order valence-electron chi connectivity index (χ3n) is 3.95. The molecule has 7 heteroatoms. The lowest BCUT2D eigenvalue weighted by Crippen LogP contribution is -2.06. The largest absolute Gasteiger partial charge is 0.421 e. The van der Waals surface area contributed by atoms with E-state index in [-0.39, 0.29) is 18.2 Å². The van der Waals surface area contributed by atoms with E-state index in [1.807, 2.05) is 12.1 Å². The Morgan fingerprint density at radius 2 is 1.78 bits per heavy atom. The Labute approximate surface area is 153 Å². The quantitative estimate of drug-likeness (QED) is 0.691. The molecule has 0 fully saturated rings. The van der Waals surface area contributed by atoms with Crippen LogP contribution in [0.2, 0.25) is 0 Å². The molecule has 1 heterocycles. The molecule has 0 spiro atoms. The minimum absolute atomic E-state index is 0.0462. The smallest absolute Gasteiger partial charge is 0.416 e. The van der Waals surface area contributed by atoms with Crippen molar-refractivity contribution >= 4 is 0 Å². The minimum atomic E-state index is -4.36. The van der Waals surface area contributed by atoms with Crippen molar-refractivity contribution in [2.24, 2.45) is 0 Å². The first-order valence-electron chi connectivity index (χ1n) is 8.08. The van der Waals surface area contributed by atoms with Crippen LogP contribution in [0.3, 0.4) is 0 Å². The Bertz CT molecular complexity index is 956. The zero-order valence-electron chi connectivity index (χ0n) is 14.1. The first-order chi connectivity index (χ1) is 12.9. The average molecular weight is 372 g/mol. The number of benzene rings is 2. The van der Waals surface area contributed by atoms with Gasteiger partial charge in [0.2, 0.25) is 11.8 Å². The second-order valence-corrected chi connectivity index (χ2v) is 5.92. The van der Waals surface area contributed by atoms with Gasteiger partial charge in [0.15, 0.2) is 0 Å². The number of halogens is 3. The summed E-state index contributed by atoms with van der Waals surface area (Å²) in [5.41, 5.74) is 1.53. The standard InChI is InChI=1S/C20H15F3N2O2/c1-2-16(26)12-18-24-25-19(27-18)17-6-4-3-5-14(17)11-13-7-9-15(10-8-13)20(21,22)23/h1,3-10,16,26H,11-12H2. The van der Waals surface area contributed by atoms with Crippen molar-refractivity contribution in [3.8, 4) is 23.8 Å². The lowest BCUT2D eigenvalue weighted by molar-refractivity contribution is -0.137. The Hall–Kier alpha value is -3.11. The van der Waals surface area contributed by atoms with Gasteiger partial charge in [-0.15, -0.1) is 16.6 Å². The van der Waals surface area contributed by atoms with Crippen molar-refractivity contribution in [2.75, 3.05) is 0 Å². The van der Waals surface area contributed by atoms with E-state index >= 15 is 0 Å². The van der Waals surface area contributed by atoms with E-state index in [9.17, 15) is 18.3 Å². The van der Waals surface area contributed by atoms with Crippen LogP contribution < -0.4 is 0 Å². The van der Waals surface area contributed by atoms with E-state index in [1.165, 1.54) is 12.1 Å². The molecule has 1 aromatic heterocycles. The van der Waals surface area contributed by atoms with Gasteiger partial charge >= 0.3 is 6.18 Å². The van der Waals surface area contributed by atoms with E-state index in [0.717, 1.165) is 23.3 Å². The summed E-state index contributed by atoms with van der Waals surface area (Å²) in [5.74, 6) is 2.64. The predicted octanol–water partition coefficient (Wildman–Crippen LogP) is 3.88. The van der Waals surface area contributed by atoms with Crippen molar-refractivity contribution in [3.63, 3.8) is 0 Å². The Morgan fingerprint density at radius 1 is 1.07 bits per heavy atom. The zero-order valence-corrected chi connectivity index (χ0v) is 14.1. The Kier molecular flexibility index (Phi) is 5.28. The summed E-state index contributed by atoms with van der Waals surface area (Å²) in [6, 6.07) is 12.3. The molecule has 1 N–H and O–H groups in total. The second-order valence-electron chi connectivity index (χ2n) is 5.92. The maximum absolute atomic E-state index is 12.7. The number of hydrogen-bond acceptors (Lipinski definition) is 4. The molecular weight excluding hydrogens is 357 g/mol. The van der Waals surface area contributed by atoms with Gasteiger partial charge in [-0.3, -0.25) is 0 Å². The van der Waals surface area contributed by atoms with Crippen molar-refractivity contribution in [2.45, 2.75) is 25.1 Å². The van der Waals surface area contributed by atoms with Gasteiger partial charge in [0.25, 0.3) is 0 Å². The van der Waals surface area contributed by atoms with Gasteiger partial charge in [-0.2, -0.15) is 13.2 Å². The molecule has 0 radical (unpaired) electrons. The topological polar surface area (TPSA) is 59.2 Å². The molecule has 1 unspecified atom stereocenters. The molecule has 27 heavy (non-hydrogen) atoms. The molecule has 0 aliphatic carbocycles. The fourth-order valence-electron chi connectivity index (χ4n) is 2.58.